The van der Waals surface area contributed by atoms with E-state index in [0.717, 1.165) is 56.5 Å². The molecule has 1 aliphatic rings. The van der Waals surface area contributed by atoms with E-state index in [1.54, 1.807) is 0 Å². The third kappa shape index (κ3) is 7.82. The number of aliphatic imine (C=N–C) groups is 1. The van der Waals surface area contributed by atoms with Gasteiger partial charge >= 0.3 is 0 Å². The Labute approximate surface area is 176 Å². The molecule has 29 heavy (non-hydrogen) atoms. The van der Waals surface area contributed by atoms with Crippen LogP contribution in [0.25, 0.3) is 0 Å². The highest BCUT2D eigenvalue weighted by Crippen LogP contribution is 2.15. The number of hydrogen-bond acceptors (Lipinski definition) is 5. The number of rotatable bonds is 9. The lowest BCUT2D eigenvalue weighted by Gasteiger charge is -2.32. The fraction of sp³-hybridized carbons (Fsp3) is 0.727. The molecule has 1 fully saturated rings. The van der Waals surface area contributed by atoms with Crippen LogP contribution in [0.1, 0.15) is 46.6 Å². The van der Waals surface area contributed by atoms with Gasteiger partial charge in [-0.25, -0.2) is 4.98 Å². The first-order chi connectivity index (χ1) is 13.9. The van der Waals surface area contributed by atoms with E-state index in [9.17, 15) is 0 Å². The minimum atomic E-state index is 0.259. The molecule has 1 saturated heterocycles. The van der Waals surface area contributed by atoms with Crippen molar-refractivity contribution in [1.82, 2.24) is 20.5 Å². The van der Waals surface area contributed by atoms with Gasteiger partial charge < -0.3 is 20.3 Å². The maximum atomic E-state index is 5.60. The van der Waals surface area contributed by atoms with Gasteiger partial charge in [0.2, 0.25) is 0 Å². The van der Waals surface area contributed by atoms with Crippen molar-refractivity contribution < 1.29 is 4.74 Å². The van der Waals surface area contributed by atoms with Gasteiger partial charge in [0.15, 0.2) is 5.96 Å². The zero-order chi connectivity index (χ0) is 21.2. The Balaban J connectivity index is 1.73. The molecule has 0 spiro atoms. The Morgan fingerprint density at radius 3 is 2.62 bits per heavy atom. The Morgan fingerprint density at radius 1 is 1.28 bits per heavy atom. The van der Waals surface area contributed by atoms with Crippen LogP contribution < -0.4 is 15.5 Å². The molecule has 0 radical (unpaired) electrons. The number of pyridine rings is 1. The number of ether oxygens (including phenoxy) is 1. The van der Waals surface area contributed by atoms with Gasteiger partial charge in [0.05, 0.1) is 12.7 Å². The molecule has 164 valence electrons. The fourth-order valence-electron chi connectivity index (χ4n) is 3.72. The summed E-state index contributed by atoms with van der Waals surface area (Å²) in [7, 11) is 1.81. The van der Waals surface area contributed by atoms with Crippen molar-refractivity contribution in [3.05, 3.63) is 23.9 Å². The van der Waals surface area contributed by atoms with Crippen LogP contribution in [0.2, 0.25) is 0 Å². The molecule has 0 amide bonds. The molecule has 1 atom stereocenters. The predicted molar refractivity (Wildman–Crippen MR) is 122 cm³/mol. The summed E-state index contributed by atoms with van der Waals surface area (Å²) in [6, 6.07) is 5.37. The summed E-state index contributed by atoms with van der Waals surface area (Å²) < 4.78 is 5.60. The number of nitrogens with zero attached hydrogens (tertiary/aromatic N) is 4. The number of morpholine rings is 1. The van der Waals surface area contributed by atoms with E-state index in [2.05, 4.69) is 77.2 Å². The lowest BCUT2D eigenvalue weighted by Crippen LogP contribution is -2.41. The average Bonchev–Trinajstić information content (AvgIpc) is 2.70. The highest BCUT2D eigenvalue weighted by Gasteiger charge is 2.17. The number of guanidine groups is 1. The molecule has 7 heteroatoms. The molecule has 2 rings (SSSR count). The van der Waals surface area contributed by atoms with Gasteiger partial charge in [-0.15, -0.1) is 0 Å². The molecule has 0 aliphatic carbocycles. The van der Waals surface area contributed by atoms with Crippen molar-refractivity contribution in [3.63, 3.8) is 0 Å². The Morgan fingerprint density at radius 2 is 2.03 bits per heavy atom. The van der Waals surface area contributed by atoms with Gasteiger partial charge in [-0.05, 0) is 52.7 Å². The van der Waals surface area contributed by atoms with E-state index in [0.29, 0.717) is 18.6 Å². The van der Waals surface area contributed by atoms with E-state index >= 15 is 0 Å². The van der Waals surface area contributed by atoms with Crippen molar-refractivity contribution in [2.45, 2.75) is 65.8 Å². The largest absolute Gasteiger partial charge is 0.375 e. The van der Waals surface area contributed by atoms with Gasteiger partial charge in [0.25, 0.3) is 0 Å². The molecule has 1 aromatic heterocycles. The first-order valence-corrected chi connectivity index (χ1v) is 10.9. The van der Waals surface area contributed by atoms with E-state index < -0.39 is 0 Å². The molecule has 1 aromatic rings. The zero-order valence-electron chi connectivity index (χ0n) is 19.1. The molecule has 2 N–H and O–H groups in total. The SMILES string of the molecule is CN=C(NCCCN(C(C)C)C(C)C)NCc1ccc(N2CCOC(C)C2)nc1. The molecule has 7 nitrogen and oxygen atoms in total. The maximum Gasteiger partial charge on any atom is 0.191 e. The van der Waals surface area contributed by atoms with E-state index in [1.807, 2.05) is 13.2 Å². The van der Waals surface area contributed by atoms with Crippen LogP contribution >= 0.6 is 0 Å². The topological polar surface area (TPSA) is 65.0 Å². The van der Waals surface area contributed by atoms with Crippen LogP contribution in [-0.2, 0) is 11.3 Å². The predicted octanol–water partition coefficient (Wildman–Crippen LogP) is 2.48. The fourth-order valence-corrected chi connectivity index (χ4v) is 3.72. The van der Waals surface area contributed by atoms with Gasteiger partial charge in [-0.1, -0.05) is 6.07 Å². The van der Waals surface area contributed by atoms with Crippen molar-refractivity contribution in [3.8, 4) is 0 Å². The maximum absolute atomic E-state index is 5.60. The summed E-state index contributed by atoms with van der Waals surface area (Å²) in [5, 5.41) is 6.79. The Bertz CT molecular complexity index is 608. The first kappa shape index (κ1) is 23.4. The smallest absolute Gasteiger partial charge is 0.191 e. The summed E-state index contributed by atoms with van der Waals surface area (Å²) in [6.07, 6.45) is 3.29. The van der Waals surface area contributed by atoms with Crippen LogP contribution in [-0.4, -0.2) is 73.9 Å². The van der Waals surface area contributed by atoms with Gasteiger partial charge in [0.1, 0.15) is 5.82 Å². The zero-order valence-corrected chi connectivity index (χ0v) is 19.1. The normalized spacial score (nSPS) is 18.0. The van der Waals surface area contributed by atoms with Crippen molar-refractivity contribution in [2.24, 2.45) is 4.99 Å². The van der Waals surface area contributed by atoms with Crippen LogP contribution in [0.4, 0.5) is 5.82 Å². The Kier molecular flexibility index (Phi) is 9.67. The van der Waals surface area contributed by atoms with E-state index in [1.165, 1.54) is 0 Å². The second-order valence-corrected chi connectivity index (χ2v) is 8.28. The van der Waals surface area contributed by atoms with E-state index in [-0.39, 0.29) is 6.10 Å². The molecule has 2 heterocycles. The molecule has 0 aromatic carbocycles. The van der Waals surface area contributed by atoms with Crippen molar-refractivity contribution >= 4 is 11.8 Å². The van der Waals surface area contributed by atoms with Crippen molar-refractivity contribution in [2.75, 3.05) is 44.7 Å². The highest BCUT2D eigenvalue weighted by atomic mass is 16.5. The van der Waals surface area contributed by atoms with Gasteiger partial charge in [-0.3, -0.25) is 9.89 Å². The molecule has 1 aliphatic heterocycles. The second kappa shape index (κ2) is 12.0. The number of anilines is 1. The second-order valence-electron chi connectivity index (χ2n) is 8.28. The van der Waals surface area contributed by atoms with Crippen LogP contribution in [0.5, 0.6) is 0 Å². The van der Waals surface area contributed by atoms with Crippen LogP contribution in [0.15, 0.2) is 23.3 Å². The summed E-state index contributed by atoms with van der Waals surface area (Å²) in [5.74, 6) is 1.85. The summed E-state index contributed by atoms with van der Waals surface area (Å²) >= 11 is 0. The first-order valence-electron chi connectivity index (χ1n) is 10.9. The summed E-state index contributed by atoms with van der Waals surface area (Å²) in [5.41, 5.74) is 1.14. The summed E-state index contributed by atoms with van der Waals surface area (Å²) in [4.78, 5) is 13.8. The minimum Gasteiger partial charge on any atom is -0.375 e. The van der Waals surface area contributed by atoms with Gasteiger partial charge in [-0.2, -0.15) is 0 Å². The van der Waals surface area contributed by atoms with Crippen LogP contribution in [0.3, 0.4) is 0 Å². The Hall–Kier alpha value is -1.86. The van der Waals surface area contributed by atoms with Gasteiger partial charge in [0, 0.05) is 58.1 Å². The third-order valence-corrected chi connectivity index (χ3v) is 5.27. The van der Waals surface area contributed by atoms with Crippen molar-refractivity contribution in [1.29, 1.82) is 0 Å². The molecule has 0 saturated carbocycles. The van der Waals surface area contributed by atoms with E-state index in [4.69, 9.17) is 4.74 Å². The number of nitrogens with one attached hydrogen (secondary N) is 2. The number of aromatic nitrogens is 1. The van der Waals surface area contributed by atoms with Crippen LogP contribution in [0, 0.1) is 0 Å². The highest BCUT2D eigenvalue weighted by molar-refractivity contribution is 5.79. The lowest BCUT2D eigenvalue weighted by molar-refractivity contribution is 0.0529. The standard InChI is InChI=1S/C22H40N6O/c1-17(2)28(18(3)4)11-7-10-24-22(23-6)26-15-20-8-9-21(25-14-20)27-12-13-29-19(5)16-27/h8-9,14,17-19H,7,10-13,15-16H2,1-6H3,(H2,23,24,26). The molecular weight excluding hydrogens is 364 g/mol. The number of hydrogen-bond donors (Lipinski definition) is 2. The quantitative estimate of drug-likeness (QED) is 0.375. The summed E-state index contributed by atoms with van der Waals surface area (Å²) in [6.45, 7) is 16.4. The third-order valence-electron chi connectivity index (χ3n) is 5.27. The monoisotopic (exact) mass is 404 g/mol. The molecule has 0 bridgehead atoms. The average molecular weight is 405 g/mol. The molecular formula is C22H40N6O. The lowest BCUT2D eigenvalue weighted by atomic mass is 10.2. The molecule has 1 unspecified atom stereocenters. The minimum absolute atomic E-state index is 0.259.